The number of nitrogens with one attached hydrogen (secondary N) is 1. The van der Waals surface area contributed by atoms with Crippen molar-refractivity contribution in [2.24, 2.45) is 0 Å². The van der Waals surface area contributed by atoms with Crippen LogP contribution < -0.4 is 10.2 Å². The first-order chi connectivity index (χ1) is 9.36. The lowest BCUT2D eigenvalue weighted by Gasteiger charge is -2.27. The van der Waals surface area contributed by atoms with Gasteiger partial charge in [0, 0.05) is 0 Å². The first kappa shape index (κ1) is 12.9. The average Bonchev–Trinajstić information content (AvgIpc) is 2.97. The second-order valence-electron chi connectivity index (χ2n) is 5.65. The SMILES string of the molecule is COc1ccc2c(c1)CCCC2NOC1CCCC1. The van der Waals surface area contributed by atoms with Crippen molar-refractivity contribution in [1.29, 1.82) is 0 Å². The van der Waals surface area contributed by atoms with Crippen LogP contribution in [0, 0.1) is 0 Å². The van der Waals surface area contributed by atoms with Crippen molar-refractivity contribution < 1.29 is 9.57 Å². The van der Waals surface area contributed by atoms with Gasteiger partial charge in [-0.05, 0) is 55.4 Å². The number of hydrogen-bond acceptors (Lipinski definition) is 3. The molecule has 3 heteroatoms. The Morgan fingerprint density at radius 1 is 1.11 bits per heavy atom. The fourth-order valence-electron chi connectivity index (χ4n) is 3.22. The van der Waals surface area contributed by atoms with Crippen molar-refractivity contribution in [3.63, 3.8) is 0 Å². The Balaban J connectivity index is 1.67. The molecule has 1 unspecified atom stereocenters. The van der Waals surface area contributed by atoms with Crippen molar-refractivity contribution in [3.05, 3.63) is 29.3 Å². The quantitative estimate of drug-likeness (QED) is 0.841. The lowest BCUT2D eigenvalue weighted by atomic mass is 9.88. The molecule has 19 heavy (non-hydrogen) atoms. The second-order valence-corrected chi connectivity index (χ2v) is 5.65. The van der Waals surface area contributed by atoms with Gasteiger partial charge in [0.15, 0.2) is 0 Å². The molecule has 3 nitrogen and oxygen atoms in total. The first-order valence-electron chi connectivity index (χ1n) is 7.45. The van der Waals surface area contributed by atoms with Gasteiger partial charge >= 0.3 is 0 Å². The number of hydrogen-bond donors (Lipinski definition) is 1. The third-order valence-corrected chi connectivity index (χ3v) is 4.34. The van der Waals surface area contributed by atoms with E-state index in [0.717, 1.165) is 18.6 Å². The summed E-state index contributed by atoms with van der Waals surface area (Å²) in [5, 5.41) is 0. The third kappa shape index (κ3) is 2.93. The monoisotopic (exact) mass is 261 g/mol. The van der Waals surface area contributed by atoms with Crippen LogP contribution in [0.1, 0.15) is 55.7 Å². The molecule has 1 atom stereocenters. The summed E-state index contributed by atoms with van der Waals surface area (Å²) in [5.41, 5.74) is 6.10. The minimum Gasteiger partial charge on any atom is -0.497 e. The smallest absolute Gasteiger partial charge is 0.119 e. The zero-order chi connectivity index (χ0) is 13.1. The Bertz CT molecular complexity index is 427. The van der Waals surface area contributed by atoms with Crippen LogP contribution in [0.25, 0.3) is 0 Å². The summed E-state index contributed by atoms with van der Waals surface area (Å²) in [7, 11) is 1.73. The number of benzene rings is 1. The largest absolute Gasteiger partial charge is 0.497 e. The minimum absolute atomic E-state index is 0.343. The van der Waals surface area contributed by atoms with E-state index in [0.29, 0.717) is 12.1 Å². The number of aryl methyl sites for hydroxylation is 1. The summed E-state index contributed by atoms with van der Waals surface area (Å²) in [6.07, 6.45) is 8.97. The number of ether oxygens (including phenoxy) is 1. The van der Waals surface area contributed by atoms with E-state index in [1.165, 1.54) is 43.2 Å². The van der Waals surface area contributed by atoms with Crippen LogP contribution in [-0.4, -0.2) is 13.2 Å². The average molecular weight is 261 g/mol. The van der Waals surface area contributed by atoms with Gasteiger partial charge < -0.3 is 4.74 Å². The van der Waals surface area contributed by atoms with Crippen molar-refractivity contribution in [2.75, 3.05) is 7.11 Å². The molecule has 0 aromatic heterocycles. The lowest BCUT2D eigenvalue weighted by molar-refractivity contribution is -0.0436. The van der Waals surface area contributed by atoms with Gasteiger partial charge in [-0.2, -0.15) is 5.48 Å². The molecule has 0 aliphatic heterocycles. The summed E-state index contributed by atoms with van der Waals surface area (Å²) >= 11 is 0. The van der Waals surface area contributed by atoms with Crippen LogP contribution in [0.3, 0.4) is 0 Å². The summed E-state index contributed by atoms with van der Waals surface area (Å²) in [5.74, 6) is 0.955. The molecule has 1 N–H and O–H groups in total. The molecule has 1 fully saturated rings. The highest BCUT2D eigenvalue weighted by molar-refractivity contribution is 5.38. The zero-order valence-electron chi connectivity index (χ0n) is 11.7. The molecule has 1 aromatic carbocycles. The van der Waals surface area contributed by atoms with Crippen LogP contribution >= 0.6 is 0 Å². The molecule has 0 saturated heterocycles. The highest BCUT2D eigenvalue weighted by Gasteiger charge is 2.23. The van der Waals surface area contributed by atoms with Crippen molar-refractivity contribution in [3.8, 4) is 5.75 Å². The topological polar surface area (TPSA) is 30.5 Å². The Morgan fingerprint density at radius 2 is 1.95 bits per heavy atom. The van der Waals surface area contributed by atoms with Gasteiger partial charge in [0.05, 0.1) is 19.3 Å². The Morgan fingerprint density at radius 3 is 2.74 bits per heavy atom. The lowest BCUT2D eigenvalue weighted by Crippen LogP contribution is -2.29. The van der Waals surface area contributed by atoms with Crippen LogP contribution in [0.2, 0.25) is 0 Å². The maximum absolute atomic E-state index is 5.87. The zero-order valence-corrected chi connectivity index (χ0v) is 11.7. The van der Waals surface area contributed by atoms with Gasteiger partial charge in [0.2, 0.25) is 0 Å². The highest BCUT2D eigenvalue weighted by Crippen LogP contribution is 2.32. The molecule has 2 aliphatic carbocycles. The van der Waals surface area contributed by atoms with Crippen LogP contribution in [0.15, 0.2) is 18.2 Å². The summed E-state index contributed by atoms with van der Waals surface area (Å²) in [4.78, 5) is 5.87. The Hall–Kier alpha value is -1.06. The van der Waals surface area contributed by atoms with Gasteiger partial charge in [0.1, 0.15) is 5.75 Å². The normalized spacial score (nSPS) is 23.3. The molecule has 0 amide bonds. The number of rotatable bonds is 4. The maximum Gasteiger partial charge on any atom is 0.119 e. The van der Waals surface area contributed by atoms with Gasteiger partial charge in [0.25, 0.3) is 0 Å². The molecule has 1 aromatic rings. The van der Waals surface area contributed by atoms with Crippen molar-refractivity contribution in [1.82, 2.24) is 5.48 Å². The minimum atomic E-state index is 0.343. The molecule has 3 rings (SSSR count). The van der Waals surface area contributed by atoms with E-state index in [1.54, 1.807) is 7.11 Å². The van der Waals surface area contributed by atoms with E-state index in [1.807, 2.05) is 0 Å². The molecule has 2 aliphatic rings. The van der Waals surface area contributed by atoms with E-state index >= 15 is 0 Å². The molecular formula is C16H23NO2. The molecule has 104 valence electrons. The van der Waals surface area contributed by atoms with Crippen LogP contribution in [0.4, 0.5) is 0 Å². The fraction of sp³-hybridized carbons (Fsp3) is 0.625. The second kappa shape index (κ2) is 5.93. The number of fused-ring (bicyclic) bond motifs is 1. The molecule has 0 heterocycles. The first-order valence-corrected chi connectivity index (χ1v) is 7.45. The summed E-state index contributed by atoms with van der Waals surface area (Å²) in [6, 6.07) is 6.74. The molecule has 0 bridgehead atoms. The third-order valence-electron chi connectivity index (χ3n) is 4.34. The van der Waals surface area contributed by atoms with E-state index in [-0.39, 0.29) is 0 Å². The van der Waals surface area contributed by atoms with E-state index in [4.69, 9.17) is 9.57 Å². The van der Waals surface area contributed by atoms with Gasteiger partial charge in [-0.15, -0.1) is 0 Å². The van der Waals surface area contributed by atoms with E-state index in [2.05, 4.69) is 23.7 Å². The van der Waals surface area contributed by atoms with Crippen LogP contribution in [0.5, 0.6) is 5.75 Å². The predicted octanol–water partition coefficient (Wildman–Crippen LogP) is 3.54. The van der Waals surface area contributed by atoms with Gasteiger partial charge in [-0.3, -0.25) is 4.84 Å². The molecule has 0 spiro atoms. The van der Waals surface area contributed by atoms with Crippen molar-refractivity contribution in [2.45, 2.75) is 57.1 Å². The van der Waals surface area contributed by atoms with E-state index in [9.17, 15) is 0 Å². The van der Waals surface area contributed by atoms with Crippen molar-refractivity contribution >= 4 is 0 Å². The summed E-state index contributed by atoms with van der Waals surface area (Å²) in [6.45, 7) is 0. The molecular weight excluding hydrogens is 238 g/mol. The number of hydroxylamine groups is 1. The molecule has 0 radical (unpaired) electrons. The fourth-order valence-corrected chi connectivity index (χ4v) is 3.22. The standard InChI is InChI=1S/C16H23NO2/c1-18-14-9-10-15-12(11-14)5-4-8-16(15)17-19-13-6-2-3-7-13/h9-11,13,16-17H,2-8H2,1H3. The summed E-state index contributed by atoms with van der Waals surface area (Å²) < 4.78 is 5.31. The molecule has 1 saturated carbocycles. The number of methoxy groups -OCH3 is 1. The van der Waals surface area contributed by atoms with E-state index < -0.39 is 0 Å². The highest BCUT2D eigenvalue weighted by atomic mass is 16.7. The Labute approximate surface area is 115 Å². The van der Waals surface area contributed by atoms with Crippen LogP contribution in [-0.2, 0) is 11.3 Å². The van der Waals surface area contributed by atoms with Gasteiger partial charge in [-0.25, -0.2) is 0 Å². The van der Waals surface area contributed by atoms with Gasteiger partial charge in [-0.1, -0.05) is 18.9 Å². The maximum atomic E-state index is 5.87. The Kier molecular flexibility index (Phi) is 4.04. The predicted molar refractivity (Wildman–Crippen MR) is 75.1 cm³/mol.